The first kappa shape index (κ1) is 13.1. The molecule has 1 aliphatic carbocycles. The van der Waals surface area contributed by atoms with Gasteiger partial charge in [0.2, 0.25) is 0 Å². The van der Waals surface area contributed by atoms with Gasteiger partial charge in [0.05, 0.1) is 0 Å². The molecule has 1 aromatic heterocycles. The highest BCUT2D eigenvalue weighted by Gasteiger charge is 2.24. The molecule has 2 rings (SSSR count). The summed E-state index contributed by atoms with van der Waals surface area (Å²) in [5, 5.41) is 15.8. The van der Waals surface area contributed by atoms with Gasteiger partial charge in [0.1, 0.15) is 11.6 Å². The Hall–Kier alpha value is -1.29. The third kappa shape index (κ3) is 3.35. The Morgan fingerprint density at radius 3 is 2.67 bits per heavy atom. The molecule has 1 aromatic rings. The molecule has 4 heteroatoms. The van der Waals surface area contributed by atoms with Crippen LogP contribution in [0.15, 0.2) is 18.2 Å². The smallest absolute Gasteiger partial charge is 0.128 e. The van der Waals surface area contributed by atoms with Gasteiger partial charge < -0.3 is 15.7 Å². The van der Waals surface area contributed by atoms with Gasteiger partial charge in [-0.05, 0) is 36.8 Å². The number of nitrogens with one attached hydrogen (secondary N) is 2. The number of nitrogens with zero attached hydrogens (tertiary/aromatic N) is 1. The Morgan fingerprint density at radius 1 is 1.22 bits per heavy atom. The van der Waals surface area contributed by atoms with Gasteiger partial charge in [0.25, 0.3) is 0 Å². The number of pyridine rings is 1. The van der Waals surface area contributed by atoms with Crippen LogP contribution < -0.4 is 10.6 Å². The number of aliphatic hydroxyl groups excluding tert-OH is 1. The second-order valence-corrected chi connectivity index (χ2v) is 5.03. The van der Waals surface area contributed by atoms with E-state index in [2.05, 4.69) is 15.6 Å². The number of hydrogen-bond donors (Lipinski definition) is 3. The Balaban J connectivity index is 1.89. The molecule has 0 spiro atoms. The lowest BCUT2D eigenvalue weighted by Gasteiger charge is -2.30. The molecule has 100 valence electrons. The van der Waals surface area contributed by atoms with Crippen molar-refractivity contribution in [2.45, 2.75) is 25.7 Å². The van der Waals surface area contributed by atoms with E-state index in [1.165, 1.54) is 19.3 Å². The summed E-state index contributed by atoms with van der Waals surface area (Å²) in [4.78, 5) is 4.44. The maximum atomic E-state index is 9.39. The van der Waals surface area contributed by atoms with Crippen LogP contribution in [0.1, 0.15) is 25.7 Å². The molecule has 1 fully saturated rings. The second-order valence-electron chi connectivity index (χ2n) is 5.03. The topological polar surface area (TPSA) is 57.2 Å². The minimum atomic E-state index is 0.316. The van der Waals surface area contributed by atoms with E-state index in [4.69, 9.17) is 0 Å². The molecular formula is C14H23N3O. The number of anilines is 2. The van der Waals surface area contributed by atoms with E-state index in [-0.39, 0.29) is 0 Å². The lowest BCUT2D eigenvalue weighted by Crippen LogP contribution is -2.28. The quantitative estimate of drug-likeness (QED) is 0.749. The van der Waals surface area contributed by atoms with E-state index in [0.29, 0.717) is 18.4 Å². The van der Waals surface area contributed by atoms with Crippen LogP contribution >= 0.6 is 0 Å². The van der Waals surface area contributed by atoms with Crippen LogP contribution in [-0.2, 0) is 0 Å². The molecule has 1 heterocycles. The highest BCUT2D eigenvalue weighted by Crippen LogP contribution is 2.29. The highest BCUT2D eigenvalue weighted by molar-refractivity contribution is 5.44. The molecule has 2 unspecified atom stereocenters. The lowest BCUT2D eigenvalue weighted by atomic mass is 9.79. The molecule has 0 amide bonds. The molecule has 0 radical (unpaired) electrons. The van der Waals surface area contributed by atoms with Gasteiger partial charge in [-0.2, -0.15) is 0 Å². The summed E-state index contributed by atoms with van der Waals surface area (Å²) in [6, 6.07) is 5.92. The zero-order valence-corrected chi connectivity index (χ0v) is 11.0. The molecule has 4 nitrogen and oxygen atoms in total. The summed E-state index contributed by atoms with van der Waals surface area (Å²) in [6.07, 6.45) is 4.92. The number of aliphatic hydroxyl groups is 1. The first-order valence-corrected chi connectivity index (χ1v) is 6.83. The Labute approximate surface area is 109 Å². The maximum absolute atomic E-state index is 9.39. The van der Waals surface area contributed by atoms with Gasteiger partial charge in [0, 0.05) is 20.2 Å². The molecule has 0 aliphatic heterocycles. The summed E-state index contributed by atoms with van der Waals surface area (Å²) < 4.78 is 0. The maximum Gasteiger partial charge on any atom is 0.128 e. The third-order valence-electron chi connectivity index (χ3n) is 3.85. The Kier molecular flexibility index (Phi) is 4.81. The van der Waals surface area contributed by atoms with Crippen molar-refractivity contribution in [3.05, 3.63) is 18.2 Å². The van der Waals surface area contributed by atoms with E-state index in [1.807, 2.05) is 25.2 Å². The van der Waals surface area contributed by atoms with Gasteiger partial charge >= 0.3 is 0 Å². The zero-order chi connectivity index (χ0) is 12.8. The van der Waals surface area contributed by atoms with Crippen molar-refractivity contribution in [3.8, 4) is 0 Å². The van der Waals surface area contributed by atoms with Gasteiger partial charge in [-0.15, -0.1) is 0 Å². The van der Waals surface area contributed by atoms with Gasteiger partial charge in [0.15, 0.2) is 0 Å². The molecular weight excluding hydrogens is 226 g/mol. The average Bonchev–Trinajstić information content (AvgIpc) is 2.45. The third-order valence-corrected chi connectivity index (χ3v) is 3.85. The minimum absolute atomic E-state index is 0.316. The fourth-order valence-corrected chi connectivity index (χ4v) is 2.70. The molecule has 0 aromatic carbocycles. The lowest BCUT2D eigenvalue weighted by molar-refractivity contribution is 0.141. The van der Waals surface area contributed by atoms with Crippen molar-refractivity contribution in [2.24, 2.45) is 11.8 Å². The molecule has 0 saturated heterocycles. The SMILES string of the molecule is CNc1cccc(NCC2CCCCC2CO)n1. The largest absolute Gasteiger partial charge is 0.396 e. The van der Waals surface area contributed by atoms with Crippen LogP contribution in [0.3, 0.4) is 0 Å². The van der Waals surface area contributed by atoms with Crippen LogP contribution in [0.4, 0.5) is 11.6 Å². The van der Waals surface area contributed by atoms with Crippen molar-refractivity contribution in [1.29, 1.82) is 0 Å². The number of aromatic nitrogens is 1. The van der Waals surface area contributed by atoms with Crippen LogP contribution in [0, 0.1) is 11.8 Å². The normalized spacial score (nSPS) is 23.7. The first-order valence-electron chi connectivity index (χ1n) is 6.83. The minimum Gasteiger partial charge on any atom is -0.396 e. The fourth-order valence-electron chi connectivity index (χ4n) is 2.70. The second kappa shape index (κ2) is 6.59. The number of rotatable bonds is 5. The van der Waals surface area contributed by atoms with E-state index in [0.717, 1.165) is 24.6 Å². The molecule has 0 bridgehead atoms. The summed E-state index contributed by atoms with van der Waals surface area (Å²) >= 11 is 0. The van der Waals surface area contributed by atoms with Crippen molar-refractivity contribution in [2.75, 3.05) is 30.8 Å². The van der Waals surface area contributed by atoms with E-state index < -0.39 is 0 Å². The predicted molar refractivity (Wildman–Crippen MR) is 74.8 cm³/mol. The summed E-state index contributed by atoms with van der Waals surface area (Å²) in [6.45, 7) is 1.22. The van der Waals surface area contributed by atoms with Crippen molar-refractivity contribution < 1.29 is 5.11 Å². The highest BCUT2D eigenvalue weighted by atomic mass is 16.3. The van der Waals surface area contributed by atoms with Crippen molar-refractivity contribution in [1.82, 2.24) is 4.98 Å². The van der Waals surface area contributed by atoms with Gasteiger partial charge in [-0.25, -0.2) is 4.98 Å². The summed E-state index contributed by atoms with van der Waals surface area (Å²) in [7, 11) is 1.87. The number of hydrogen-bond acceptors (Lipinski definition) is 4. The molecule has 3 N–H and O–H groups in total. The Morgan fingerprint density at radius 2 is 1.94 bits per heavy atom. The summed E-state index contributed by atoms with van der Waals surface area (Å²) in [5.41, 5.74) is 0. The van der Waals surface area contributed by atoms with E-state index >= 15 is 0 Å². The van der Waals surface area contributed by atoms with Crippen molar-refractivity contribution >= 4 is 11.6 Å². The monoisotopic (exact) mass is 249 g/mol. The standard InChI is InChI=1S/C14H23N3O/c1-15-13-7-4-8-14(17-13)16-9-11-5-2-3-6-12(11)10-18/h4,7-8,11-12,18H,2-3,5-6,9-10H2,1H3,(H2,15,16,17). The summed E-state index contributed by atoms with van der Waals surface area (Å²) in [5.74, 6) is 2.81. The molecule has 2 atom stereocenters. The van der Waals surface area contributed by atoms with Crippen LogP contribution in [0.5, 0.6) is 0 Å². The Bertz CT molecular complexity index is 370. The molecule has 18 heavy (non-hydrogen) atoms. The van der Waals surface area contributed by atoms with Crippen LogP contribution in [-0.4, -0.2) is 30.3 Å². The zero-order valence-electron chi connectivity index (χ0n) is 11.0. The molecule has 1 saturated carbocycles. The first-order chi connectivity index (χ1) is 8.83. The van der Waals surface area contributed by atoms with Gasteiger partial charge in [-0.1, -0.05) is 18.9 Å². The van der Waals surface area contributed by atoms with Gasteiger partial charge in [-0.3, -0.25) is 0 Å². The van der Waals surface area contributed by atoms with Crippen LogP contribution in [0.25, 0.3) is 0 Å². The van der Waals surface area contributed by atoms with Crippen molar-refractivity contribution in [3.63, 3.8) is 0 Å². The average molecular weight is 249 g/mol. The molecule has 1 aliphatic rings. The van der Waals surface area contributed by atoms with E-state index in [1.54, 1.807) is 0 Å². The fraction of sp³-hybridized carbons (Fsp3) is 0.643. The van der Waals surface area contributed by atoms with E-state index in [9.17, 15) is 5.11 Å². The van der Waals surface area contributed by atoms with Crippen LogP contribution in [0.2, 0.25) is 0 Å². The predicted octanol–water partition coefficient (Wildman–Crippen LogP) is 2.33.